The molecule has 100 valence electrons. The van der Waals surface area contributed by atoms with Crippen molar-refractivity contribution in [1.82, 2.24) is 4.98 Å². The molecule has 0 aliphatic rings. The molecule has 0 atom stereocenters. The van der Waals surface area contributed by atoms with Crippen LogP contribution in [0.2, 0.25) is 5.02 Å². The Morgan fingerprint density at radius 1 is 1.10 bits per heavy atom. The van der Waals surface area contributed by atoms with Crippen molar-refractivity contribution >= 4 is 44.1 Å². The molecule has 1 N–H and O–H groups in total. The highest BCUT2D eigenvalue weighted by Crippen LogP contribution is 2.27. The fourth-order valence-corrected chi connectivity index (χ4v) is 2.69. The maximum atomic E-state index is 6.02. The van der Waals surface area contributed by atoms with Crippen LogP contribution in [0.15, 0.2) is 59.2 Å². The van der Waals surface area contributed by atoms with Crippen molar-refractivity contribution in [2.24, 2.45) is 0 Å². The van der Waals surface area contributed by atoms with E-state index in [4.69, 9.17) is 11.6 Å². The van der Waals surface area contributed by atoms with E-state index in [0.29, 0.717) is 0 Å². The largest absolute Gasteiger partial charge is 0.380 e. The zero-order valence-corrected chi connectivity index (χ0v) is 12.9. The Hall–Kier alpha value is -1.58. The predicted molar refractivity (Wildman–Crippen MR) is 88.2 cm³/mol. The number of nitrogens with zero attached hydrogens (tertiary/aromatic N) is 1. The fourth-order valence-electron chi connectivity index (χ4n) is 2.13. The lowest BCUT2D eigenvalue weighted by Gasteiger charge is -2.11. The number of nitrogens with one attached hydrogen (secondary N) is 1. The molecule has 0 bridgehead atoms. The number of fused-ring (bicyclic) bond motifs is 1. The van der Waals surface area contributed by atoms with Crippen molar-refractivity contribution < 1.29 is 0 Å². The molecule has 1 aromatic heterocycles. The third-order valence-corrected chi connectivity index (χ3v) is 4.06. The maximum Gasteiger partial charge on any atom is 0.0705 e. The van der Waals surface area contributed by atoms with Gasteiger partial charge in [-0.05, 0) is 51.8 Å². The molecule has 3 rings (SSSR count). The lowest BCUT2D eigenvalue weighted by Crippen LogP contribution is -2.01. The lowest BCUT2D eigenvalue weighted by molar-refractivity contribution is 1.15. The highest BCUT2D eigenvalue weighted by molar-refractivity contribution is 9.10. The van der Waals surface area contributed by atoms with Gasteiger partial charge in [0.05, 0.1) is 11.2 Å². The summed E-state index contributed by atoms with van der Waals surface area (Å²) in [4.78, 5) is 4.37. The van der Waals surface area contributed by atoms with Crippen LogP contribution in [0.5, 0.6) is 0 Å². The van der Waals surface area contributed by atoms with Gasteiger partial charge in [0.2, 0.25) is 0 Å². The van der Waals surface area contributed by atoms with Crippen molar-refractivity contribution in [3.63, 3.8) is 0 Å². The Labute approximate surface area is 130 Å². The summed E-state index contributed by atoms with van der Waals surface area (Å²) in [6.07, 6.45) is 1.84. The minimum absolute atomic E-state index is 0.718. The number of aromatic nitrogens is 1. The first-order chi connectivity index (χ1) is 9.74. The van der Waals surface area contributed by atoms with Gasteiger partial charge in [-0.3, -0.25) is 4.98 Å². The lowest BCUT2D eigenvalue weighted by atomic mass is 10.1. The van der Waals surface area contributed by atoms with E-state index in [0.717, 1.165) is 27.2 Å². The Morgan fingerprint density at radius 3 is 2.85 bits per heavy atom. The molecule has 0 fully saturated rings. The summed E-state index contributed by atoms with van der Waals surface area (Å²) in [5.74, 6) is 0. The molecule has 0 saturated heterocycles. The molecule has 0 amide bonds. The van der Waals surface area contributed by atoms with Crippen LogP contribution in [0.3, 0.4) is 0 Å². The van der Waals surface area contributed by atoms with Crippen LogP contribution in [0, 0.1) is 0 Å². The smallest absolute Gasteiger partial charge is 0.0705 e. The van der Waals surface area contributed by atoms with Gasteiger partial charge in [0.1, 0.15) is 0 Å². The van der Waals surface area contributed by atoms with Crippen LogP contribution in [0.25, 0.3) is 10.9 Å². The van der Waals surface area contributed by atoms with Gasteiger partial charge in [-0.1, -0.05) is 29.8 Å². The molecule has 3 aromatic rings. The van der Waals surface area contributed by atoms with E-state index < -0.39 is 0 Å². The third kappa shape index (κ3) is 2.79. The van der Waals surface area contributed by atoms with Crippen molar-refractivity contribution in [2.45, 2.75) is 6.54 Å². The SMILES string of the molecule is Clc1ccc(Br)c(NCc2ccnc3ccccc23)c1. The molecular weight excluding hydrogens is 336 g/mol. The molecule has 2 nitrogen and oxygen atoms in total. The van der Waals surface area contributed by atoms with Gasteiger partial charge >= 0.3 is 0 Å². The van der Waals surface area contributed by atoms with E-state index >= 15 is 0 Å². The molecule has 4 heteroatoms. The number of rotatable bonds is 3. The maximum absolute atomic E-state index is 6.02. The summed E-state index contributed by atoms with van der Waals surface area (Å²) in [5.41, 5.74) is 3.21. The van der Waals surface area contributed by atoms with Crippen molar-refractivity contribution in [1.29, 1.82) is 0 Å². The second kappa shape index (κ2) is 5.81. The van der Waals surface area contributed by atoms with Crippen molar-refractivity contribution in [3.05, 3.63) is 69.8 Å². The van der Waals surface area contributed by atoms with E-state index in [-0.39, 0.29) is 0 Å². The van der Waals surface area contributed by atoms with Gasteiger partial charge in [-0.15, -0.1) is 0 Å². The van der Waals surface area contributed by atoms with Crippen LogP contribution in [0.1, 0.15) is 5.56 Å². The molecule has 0 radical (unpaired) electrons. The van der Waals surface area contributed by atoms with E-state index in [9.17, 15) is 0 Å². The van der Waals surface area contributed by atoms with Crippen LogP contribution >= 0.6 is 27.5 Å². The van der Waals surface area contributed by atoms with Crippen LogP contribution in [0.4, 0.5) is 5.69 Å². The summed E-state index contributed by atoms with van der Waals surface area (Å²) < 4.78 is 1.00. The quantitative estimate of drug-likeness (QED) is 0.699. The average molecular weight is 348 g/mol. The molecule has 0 aliphatic heterocycles. The van der Waals surface area contributed by atoms with Gasteiger partial charge in [-0.2, -0.15) is 0 Å². The van der Waals surface area contributed by atoms with Crippen molar-refractivity contribution in [3.8, 4) is 0 Å². The number of benzene rings is 2. The van der Waals surface area contributed by atoms with E-state index in [1.54, 1.807) is 0 Å². The highest BCUT2D eigenvalue weighted by Gasteiger charge is 2.04. The number of halogens is 2. The standard InChI is InChI=1S/C16H12BrClN2/c17-14-6-5-12(18)9-16(14)20-10-11-7-8-19-15-4-2-1-3-13(11)15/h1-9,20H,10H2. The molecule has 0 aliphatic carbocycles. The van der Waals surface area contributed by atoms with Gasteiger partial charge in [-0.25, -0.2) is 0 Å². The number of para-hydroxylation sites is 1. The van der Waals surface area contributed by atoms with E-state index in [2.05, 4.69) is 32.3 Å². The minimum atomic E-state index is 0.718. The van der Waals surface area contributed by atoms with Gasteiger partial charge in [0.25, 0.3) is 0 Å². The molecule has 0 spiro atoms. The summed E-state index contributed by atoms with van der Waals surface area (Å²) in [6.45, 7) is 0.724. The minimum Gasteiger partial charge on any atom is -0.380 e. The first-order valence-corrected chi connectivity index (χ1v) is 7.43. The summed E-state index contributed by atoms with van der Waals surface area (Å²) >= 11 is 9.54. The normalized spacial score (nSPS) is 10.7. The second-order valence-electron chi connectivity index (χ2n) is 4.46. The fraction of sp³-hybridized carbons (Fsp3) is 0.0625. The molecule has 0 unspecified atom stereocenters. The summed E-state index contributed by atoms with van der Waals surface area (Å²) in [7, 11) is 0. The Bertz CT molecular complexity index is 753. The number of pyridine rings is 1. The zero-order valence-electron chi connectivity index (χ0n) is 10.6. The monoisotopic (exact) mass is 346 g/mol. The third-order valence-electron chi connectivity index (χ3n) is 3.14. The highest BCUT2D eigenvalue weighted by atomic mass is 79.9. The van der Waals surface area contributed by atoms with Gasteiger partial charge in [0.15, 0.2) is 0 Å². The summed E-state index contributed by atoms with van der Waals surface area (Å²) in [6, 6.07) is 15.9. The van der Waals surface area contributed by atoms with Gasteiger partial charge in [0, 0.05) is 27.6 Å². The Morgan fingerprint density at radius 2 is 1.95 bits per heavy atom. The number of hydrogen-bond acceptors (Lipinski definition) is 2. The molecule has 2 aromatic carbocycles. The first kappa shape index (κ1) is 13.4. The van der Waals surface area contributed by atoms with Crippen molar-refractivity contribution in [2.75, 3.05) is 5.32 Å². The topological polar surface area (TPSA) is 24.9 Å². The van der Waals surface area contributed by atoms with Crippen LogP contribution in [-0.2, 0) is 6.54 Å². The second-order valence-corrected chi connectivity index (χ2v) is 5.76. The molecule has 0 saturated carbocycles. The average Bonchev–Trinajstić information content (AvgIpc) is 2.48. The Balaban J connectivity index is 1.89. The molecule has 20 heavy (non-hydrogen) atoms. The van der Waals surface area contributed by atoms with E-state index in [1.165, 1.54) is 10.9 Å². The molecular formula is C16H12BrClN2. The summed E-state index contributed by atoms with van der Waals surface area (Å²) in [5, 5.41) is 5.29. The van der Waals surface area contributed by atoms with Gasteiger partial charge < -0.3 is 5.32 Å². The number of hydrogen-bond donors (Lipinski definition) is 1. The van der Waals surface area contributed by atoms with Crippen LogP contribution in [-0.4, -0.2) is 4.98 Å². The molecule has 1 heterocycles. The Kier molecular flexibility index (Phi) is 3.90. The zero-order chi connectivity index (χ0) is 13.9. The predicted octanol–water partition coefficient (Wildman–Crippen LogP) is 5.26. The number of anilines is 1. The van der Waals surface area contributed by atoms with Crippen LogP contribution < -0.4 is 5.32 Å². The van der Waals surface area contributed by atoms with E-state index in [1.807, 2.05) is 48.7 Å². The first-order valence-electron chi connectivity index (χ1n) is 6.25.